The van der Waals surface area contributed by atoms with Crippen molar-refractivity contribution in [2.24, 2.45) is 0 Å². The van der Waals surface area contributed by atoms with Crippen LogP contribution in [0.4, 0.5) is 5.69 Å². The number of carbonyl (C=O) groups excluding carboxylic acids is 2. The average Bonchev–Trinajstić information content (AvgIpc) is 3.24. The number of carbonyl (C=O) groups is 2. The standard InChI is InChI=1S/C26H26N4O3/c1-33-23-14-8-7-13-22(23)27-17-25(32)30-29-24(31)16-15-20-19-11-5-6-12-21(19)28-26(20)18-9-3-2-4-10-18/h2-14,27-28H,15-17H2,1H3,(H,29,31)(H,30,32). The Morgan fingerprint density at radius 2 is 1.55 bits per heavy atom. The van der Waals surface area contributed by atoms with E-state index in [4.69, 9.17) is 4.74 Å². The molecule has 4 rings (SSSR count). The molecule has 7 heteroatoms. The highest BCUT2D eigenvalue weighted by Crippen LogP contribution is 2.31. The molecule has 1 heterocycles. The molecule has 33 heavy (non-hydrogen) atoms. The van der Waals surface area contributed by atoms with E-state index in [1.54, 1.807) is 13.2 Å². The number of methoxy groups -OCH3 is 1. The first-order valence-electron chi connectivity index (χ1n) is 10.8. The number of ether oxygens (including phenoxy) is 1. The maximum absolute atomic E-state index is 12.4. The average molecular weight is 443 g/mol. The Kier molecular flexibility index (Phi) is 6.90. The molecule has 168 valence electrons. The van der Waals surface area contributed by atoms with Crippen molar-refractivity contribution in [2.75, 3.05) is 19.0 Å². The lowest BCUT2D eigenvalue weighted by Gasteiger charge is -2.11. The van der Waals surface area contributed by atoms with Crippen molar-refractivity contribution in [3.63, 3.8) is 0 Å². The molecule has 4 aromatic rings. The first-order valence-corrected chi connectivity index (χ1v) is 10.8. The number of benzene rings is 3. The van der Waals surface area contributed by atoms with Gasteiger partial charge in [0, 0.05) is 23.0 Å². The van der Waals surface area contributed by atoms with Gasteiger partial charge in [-0.3, -0.25) is 20.4 Å². The Balaban J connectivity index is 1.34. The molecule has 0 unspecified atom stereocenters. The molecule has 0 aliphatic carbocycles. The predicted molar refractivity (Wildman–Crippen MR) is 130 cm³/mol. The van der Waals surface area contributed by atoms with E-state index in [-0.39, 0.29) is 24.8 Å². The number of para-hydroxylation sites is 3. The summed E-state index contributed by atoms with van der Waals surface area (Å²) < 4.78 is 5.25. The van der Waals surface area contributed by atoms with Crippen LogP contribution in [-0.2, 0) is 16.0 Å². The van der Waals surface area contributed by atoms with E-state index in [2.05, 4.69) is 27.2 Å². The summed E-state index contributed by atoms with van der Waals surface area (Å²) in [6.45, 7) is 0.00125. The van der Waals surface area contributed by atoms with E-state index >= 15 is 0 Å². The zero-order valence-corrected chi connectivity index (χ0v) is 18.4. The first-order chi connectivity index (χ1) is 16.2. The van der Waals surface area contributed by atoms with E-state index < -0.39 is 0 Å². The summed E-state index contributed by atoms with van der Waals surface area (Å²) in [5, 5.41) is 4.09. The van der Waals surface area contributed by atoms with Gasteiger partial charge in [0.05, 0.1) is 19.3 Å². The van der Waals surface area contributed by atoms with Crippen LogP contribution in [0.5, 0.6) is 5.75 Å². The van der Waals surface area contributed by atoms with Crippen LogP contribution in [0, 0.1) is 0 Å². The third-order valence-corrected chi connectivity index (χ3v) is 5.37. The van der Waals surface area contributed by atoms with Gasteiger partial charge in [-0.15, -0.1) is 0 Å². The summed E-state index contributed by atoms with van der Waals surface area (Å²) in [6.07, 6.45) is 0.775. The molecule has 0 fully saturated rings. The molecule has 4 N–H and O–H groups in total. The van der Waals surface area contributed by atoms with Crippen LogP contribution in [0.15, 0.2) is 78.9 Å². The van der Waals surface area contributed by atoms with Gasteiger partial charge in [0.15, 0.2) is 0 Å². The van der Waals surface area contributed by atoms with Crippen molar-refractivity contribution in [2.45, 2.75) is 12.8 Å². The van der Waals surface area contributed by atoms with Gasteiger partial charge >= 0.3 is 0 Å². The van der Waals surface area contributed by atoms with E-state index in [1.807, 2.05) is 66.7 Å². The second kappa shape index (κ2) is 10.4. The lowest BCUT2D eigenvalue weighted by atomic mass is 10.0. The van der Waals surface area contributed by atoms with Crippen LogP contribution in [0.3, 0.4) is 0 Å². The Hall–Kier alpha value is -4.26. The zero-order chi connectivity index (χ0) is 23.0. The second-order valence-electron chi connectivity index (χ2n) is 7.54. The highest BCUT2D eigenvalue weighted by Gasteiger charge is 2.14. The van der Waals surface area contributed by atoms with Crippen molar-refractivity contribution >= 4 is 28.4 Å². The van der Waals surface area contributed by atoms with Gasteiger partial charge in [0.25, 0.3) is 5.91 Å². The summed E-state index contributed by atoms with van der Waals surface area (Å²) in [5.74, 6) is 0.0264. The minimum Gasteiger partial charge on any atom is -0.495 e. The monoisotopic (exact) mass is 442 g/mol. The molecular formula is C26H26N4O3. The van der Waals surface area contributed by atoms with Gasteiger partial charge in [-0.1, -0.05) is 60.7 Å². The number of aromatic nitrogens is 1. The number of aromatic amines is 1. The molecule has 7 nitrogen and oxygen atoms in total. The van der Waals surface area contributed by atoms with Crippen LogP contribution >= 0.6 is 0 Å². The number of rotatable bonds is 8. The number of hydrazine groups is 1. The molecule has 2 amide bonds. The van der Waals surface area contributed by atoms with Crippen molar-refractivity contribution < 1.29 is 14.3 Å². The first kappa shape index (κ1) is 22.0. The minimum absolute atomic E-state index is 0.00125. The van der Waals surface area contributed by atoms with Crippen LogP contribution in [0.1, 0.15) is 12.0 Å². The van der Waals surface area contributed by atoms with E-state index in [1.165, 1.54) is 0 Å². The maximum atomic E-state index is 12.4. The number of nitrogens with one attached hydrogen (secondary N) is 4. The summed E-state index contributed by atoms with van der Waals surface area (Å²) in [5.41, 5.74) is 9.84. The molecule has 0 saturated carbocycles. The summed E-state index contributed by atoms with van der Waals surface area (Å²) in [4.78, 5) is 28.0. The lowest BCUT2D eigenvalue weighted by molar-refractivity contribution is -0.128. The lowest BCUT2D eigenvalue weighted by Crippen LogP contribution is -2.44. The van der Waals surface area contributed by atoms with E-state index in [0.717, 1.165) is 27.7 Å². The molecule has 0 saturated heterocycles. The largest absolute Gasteiger partial charge is 0.495 e. The normalized spacial score (nSPS) is 10.6. The van der Waals surface area contributed by atoms with Crippen molar-refractivity contribution in [3.05, 3.63) is 84.4 Å². The Bertz CT molecular complexity index is 1250. The molecule has 0 spiro atoms. The maximum Gasteiger partial charge on any atom is 0.257 e. The molecule has 3 aromatic carbocycles. The molecule has 0 bridgehead atoms. The van der Waals surface area contributed by atoms with E-state index in [9.17, 15) is 9.59 Å². The number of fused-ring (bicyclic) bond motifs is 1. The SMILES string of the molecule is COc1ccccc1NCC(=O)NNC(=O)CCc1c(-c2ccccc2)[nH]c2ccccc12. The van der Waals surface area contributed by atoms with E-state index in [0.29, 0.717) is 17.9 Å². The smallest absolute Gasteiger partial charge is 0.257 e. The summed E-state index contributed by atoms with van der Waals surface area (Å²) in [6, 6.07) is 25.4. The van der Waals surface area contributed by atoms with Gasteiger partial charge in [-0.05, 0) is 35.7 Å². The summed E-state index contributed by atoms with van der Waals surface area (Å²) in [7, 11) is 1.57. The van der Waals surface area contributed by atoms with Crippen LogP contribution in [0.2, 0.25) is 0 Å². The number of amides is 2. The number of H-pyrrole nitrogens is 1. The minimum atomic E-state index is -0.355. The number of hydrogen-bond acceptors (Lipinski definition) is 4. The van der Waals surface area contributed by atoms with Gasteiger partial charge in [-0.25, -0.2) is 0 Å². The highest BCUT2D eigenvalue weighted by atomic mass is 16.5. The van der Waals surface area contributed by atoms with Crippen molar-refractivity contribution in [1.82, 2.24) is 15.8 Å². The zero-order valence-electron chi connectivity index (χ0n) is 18.4. The van der Waals surface area contributed by atoms with Gasteiger partial charge in [-0.2, -0.15) is 0 Å². The predicted octanol–water partition coefficient (Wildman–Crippen LogP) is 4.04. The Labute approximate surface area is 192 Å². The van der Waals surface area contributed by atoms with Crippen molar-refractivity contribution in [3.8, 4) is 17.0 Å². The van der Waals surface area contributed by atoms with Crippen LogP contribution in [-0.4, -0.2) is 30.5 Å². The summed E-state index contributed by atoms with van der Waals surface area (Å²) >= 11 is 0. The second-order valence-corrected chi connectivity index (χ2v) is 7.54. The molecule has 0 aliphatic heterocycles. The Morgan fingerprint density at radius 3 is 2.36 bits per heavy atom. The fourth-order valence-electron chi connectivity index (χ4n) is 3.76. The van der Waals surface area contributed by atoms with Gasteiger partial charge in [0.2, 0.25) is 5.91 Å². The van der Waals surface area contributed by atoms with Gasteiger partial charge in [0.1, 0.15) is 5.75 Å². The quantitative estimate of drug-likeness (QED) is 0.310. The fraction of sp³-hybridized carbons (Fsp3) is 0.154. The van der Waals surface area contributed by atoms with Crippen LogP contribution in [0.25, 0.3) is 22.2 Å². The van der Waals surface area contributed by atoms with Gasteiger partial charge < -0.3 is 15.0 Å². The topological polar surface area (TPSA) is 95.2 Å². The highest BCUT2D eigenvalue weighted by molar-refractivity contribution is 5.91. The number of anilines is 1. The van der Waals surface area contributed by atoms with Crippen molar-refractivity contribution in [1.29, 1.82) is 0 Å². The molecule has 0 atom stereocenters. The van der Waals surface area contributed by atoms with Crippen LogP contribution < -0.4 is 20.9 Å². The molecule has 0 aliphatic rings. The fourth-order valence-corrected chi connectivity index (χ4v) is 3.76. The third kappa shape index (κ3) is 5.33. The molecular weight excluding hydrogens is 416 g/mol. The number of hydrogen-bond donors (Lipinski definition) is 4. The Morgan fingerprint density at radius 1 is 0.848 bits per heavy atom. The number of aryl methyl sites for hydroxylation is 1. The molecule has 1 aromatic heterocycles. The molecule has 0 radical (unpaired) electrons. The third-order valence-electron chi connectivity index (χ3n) is 5.37.